The number of benzene rings is 2. The summed E-state index contributed by atoms with van der Waals surface area (Å²) in [6.45, 7) is 7.28. The first kappa shape index (κ1) is 17.4. The van der Waals surface area contributed by atoms with E-state index < -0.39 is 0 Å². The largest absolute Gasteiger partial charge is 0.488 e. The lowest BCUT2D eigenvalue weighted by Gasteiger charge is -2.26. The Labute approximate surface area is 149 Å². The number of ketones is 1. The standard InChI is InChI=1S/C22H25NO2/c1-3-23-13-12-21(24)20(15-23)14-19-6-4-5-7-22(19)25-16-18-10-8-17(2)9-11-18/h4-11,14H,3,12-13,15-16H2,1-2H3/b20-14+. The number of ether oxygens (including phenoxy) is 1. The Morgan fingerprint density at radius 1 is 1.12 bits per heavy atom. The first-order chi connectivity index (χ1) is 12.2. The van der Waals surface area contributed by atoms with Crippen LogP contribution in [0.4, 0.5) is 0 Å². The highest BCUT2D eigenvalue weighted by Gasteiger charge is 2.20. The number of para-hydroxylation sites is 1. The van der Waals surface area contributed by atoms with E-state index in [1.165, 1.54) is 5.56 Å². The third-order valence-electron chi connectivity index (χ3n) is 4.62. The van der Waals surface area contributed by atoms with E-state index >= 15 is 0 Å². The van der Waals surface area contributed by atoms with E-state index in [9.17, 15) is 4.79 Å². The molecule has 3 rings (SSSR count). The van der Waals surface area contributed by atoms with Crippen LogP contribution in [0.3, 0.4) is 0 Å². The van der Waals surface area contributed by atoms with Crippen molar-refractivity contribution in [2.75, 3.05) is 19.6 Å². The summed E-state index contributed by atoms with van der Waals surface area (Å²) in [5, 5.41) is 0. The molecule has 3 nitrogen and oxygen atoms in total. The Balaban J connectivity index is 1.77. The summed E-state index contributed by atoms with van der Waals surface area (Å²) in [6.07, 6.45) is 2.60. The average Bonchev–Trinajstić information content (AvgIpc) is 2.64. The highest BCUT2D eigenvalue weighted by atomic mass is 16.5. The van der Waals surface area contributed by atoms with Crippen LogP contribution in [0.1, 0.15) is 30.0 Å². The van der Waals surface area contributed by atoms with Crippen LogP contribution in [0.2, 0.25) is 0 Å². The Bertz CT molecular complexity index is 762. The monoisotopic (exact) mass is 335 g/mol. The van der Waals surface area contributed by atoms with Gasteiger partial charge in [-0.2, -0.15) is 0 Å². The van der Waals surface area contributed by atoms with Gasteiger partial charge in [0.25, 0.3) is 0 Å². The number of rotatable bonds is 5. The van der Waals surface area contributed by atoms with Crippen molar-refractivity contribution < 1.29 is 9.53 Å². The molecule has 1 heterocycles. The van der Waals surface area contributed by atoms with Gasteiger partial charge in [0, 0.05) is 30.6 Å². The normalized spacial score (nSPS) is 17.0. The van der Waals surface area contributed by atoms with Gasteiger partial charge in [0.15, 0.2) is 5.78 Å². The Hall–Kier alpha value is -2.39. The molecule has 1 fully saturated rings. The molecule has 0 aliphatic carbocycles. The predicted octanol–water partition coefficient (Wildman–Crippen LogP) is 4.25. The van der Waals surface area contributed by atoms with Crippen molar-refractivity contribution in [2.45, 2.75) is 26.9 Å². The number of hydrogen-bond acceptors (Lipinski definition) is 3. The summed E-state index contributed by atoms with van der Waals surface area (Å²) in [4.78, 5) is 14.5. The molecule has 2 aromatic rings. The molecule has 1 aliphatic rings. The maximum atomic E-state index is 12.2. The van der Waals surface area contributed by atoms with Gasteiger partial charge in [0.1, 0.15) is 12.4 Å². The minimum absolute atomic E-state index is 0.248. The van der Waals surface area contributed by atoms with E-state index in [0.29, 0.717) is 13.0 Å². The summed E-state index contributed by atoms with van der Waals surface area (Å²) in [6, 6.07) is 16.3. The van der Waals surface area contributed by atoms with Crippen LogP contribution in [0.25, 0.3) is 6.08 Å². The van der Waals surface area contributed by atoms with Gasteiger partial charge < -0.3 is 4.74 Å². The molecule has 0 aromatic heterocycles. The number of nitrogens with zero attached hydrogens (tertiary/aromatic N) is 1. The quantitative estimate of drug-likeness (QED) is 0.765. The van der Waals surface area contributed by atoms with E-state index in [2.05, 4.69) is 43.0 Å². The lowest BCUT2D eigenvalue weighted by atomic mass is 10.00. The number of aryl methyl sites for hydroxylation is 1. The van der Waals surface area contributed by atoms with E-state index in [-0.39, 0.29) is 5.78 Å². The van der Waals surface area contributed by atoms with Gasteiger partial charge in [-0.15, -0.1) is 0 Å². The molecule has 130 valence electrons. The highest BCUT2D eigenvalue weighted by Crippen LogP contribution is 2.24. The van der Waals surface area contributed by atoms with Crippen molar-refractivity contribution in [3.63, 3.8) is 0 Å². The lowest BCUT2D eigenvalue weighted by molar-refractivity contribution is -0.117. The number of hydrogen-bond donors (Lipinski definition) is 0. The predicted molar refractivity (Wildman–Crippen MR) is 102 cm³/mol. The van der Waals surface area contributed by atoms with E-state index in [1.54, 1.807) is 0 Å². The van der Waals surface area contributed by atoms with Crippen LogP contribution in [0, 0.1) is 6.92 Å². The number of carbonyl (C=O) groups excluding carboxylic acids is 1. The smallest absolute Gasteiger partial charge is 0.161 e. The van der Waals surface area contributed by atoms with Crippen LogP contribution < -0.4 is 4.74 Å². The van der Waals surface area contributed by atoms with Crippen molar-refractivity contribution >= 4 is 11.9 Å². The molecule has 2 aromatic carbocycles. The number of carbonyl (C=O) groups is 1. The summed E-state index contributed by atoms with van der Waals surface area (Å²) in [5.41, 5.74) is 4.22. The lowest BCUT2D eigenvalue weighted by Crippen LogP contribution is -2.35. The molecule has 0 atom stereocenters. The van der Waals surface area contributed by atoms with Crippen molar-refractivity contribution in [3.8, 4) is 5.75 Å². The molecule has 0 radical (unpaired) electrons. The van der Waals surface area contributed by atoms with Crippen LogP contribution in [-0.2, 0) is 11.4 Å². The molecule has 1 saturated heterocycles. The minimum atomic E-state index is 0.248. The first-order valence-corrected chi connectivity index (χ1v) is 8.89. The number of likely N-dealkylation sites (N-methyl/N-ethyl adjacent to an activating group) is 1. The van der Waals surface area contributed by atoms with Crippen LogP contribution in [0.5, 0.6) is 5.75 Å². The second-order valence-corrected chi connectivity index (χ2v) is 6.52. The zero-order chi connectivity index (χ0) is 17.6. The van der Waals surface area contributed by atoms with Crippen LogP contribution >= 0.6 is 0 Å². The van der Waals surface area contributed by atoms with Crippen molar-refractivity contribution in [3.05, 3.63) is 70.8 Å². The van der Waals surface area contributed by atoms with Gasteiger partial charge in [-0.05, 0) is 31.2 Å². The molecule has 0 spiro atoms. The van der Waals surface area contributed by atoms with E-state index in [4.69, 9.17) is 4.74 Å². The Morgan fingerprint density at radius 2 is 1.88 bits per heavy atom. The van der Waals surface area contributed by atoms with Crippen molar-refractivity contribution in [2.24, 2.45) is 0 Å². The third-order valence-corrected chi connectivity index (χ3v) is 4.62. The van der Waals surface area contributed by atoms with Crippen molar-refractivity contribution in [1.82, 2.24) is 4.90 Å². The zero-order valence-corrected chi connectivity index (χ0v) is 15.0. The van der Waals surface area contributed by atoms with Gasteiger partial charge >= 0.3 is 0 Å². The molecule has 0 amide bonds. The fourth-order valence-electron chi connectivity index (χ4n) is 2.99. The average molecular weight is 335 g/mol. The molecular weight excluding hydrogens is 310 g/mol. The molecule has 1 aliphatic heterocycles. The van der Waals surface area contributed by atoms with Gasteiger partial charge in [-0.3, -0.25) is 9.69 Å². The summed E-state index contributed by atoms with van der Waals surface area (Å²) in [7, 11) is 0. The van der Waals surface area contributed by atoms with Gasteiger partial charge in [0.2, 0.25) is 0 Å². The van der Waals surface area contributed by atoms with E-state index in [0.717, 1.165) is 42.1 Å². The molecule has 0 unspecified atom stereocenters. The van der Waals surface area contributed by atoms with E-state index in [1.807, 2.05) is 30.3 Å². The molecule has 0 N–H and O–H groups in total. The topological polar surface area (TPSA) is 29.5 Å². The molecular formula is C22H25NO2. The molecule has 0 saturated carbocycles. The van der Waals surface area contributed by atoms with Crippen LogP contribution in [0.15, 0.2) is 54.1 Å². The maximum Gasteiger partial charge on any atom is 0.161 e. The van der Waals surface area contributed by atoms with Crippen molar-refractivity contribution in [1.29, 1.82) is 0 Å². The number of Topliss-reactive ketones (excluding diaryl/α,β-unsaturated/α-hetero) is 1. The summed E-state index contributed by atoms with van der Waals surface area (Å²) >= 11 is 0. The van der Waals surface area contributed by atoms with Crippen LogP contribution in [-0.4, -0.2) is 30.3 Å². The SMILES string of the molecule is CCN1CCC(=O)/C(=C/c2ccccc2OCc2ccc(C)cc2)C1. The molecule has 0 bridgehead atoms. The third kappa shape index (κ3) is 4.58. The Kier molecular flexibility index (Phi) is 5.67. The zero-order valence-electron chi connectivity index (χ0n) is 15.0. The number of likely N-dealkylation sites (tertiary alicyclic amines) is 1. The van der Waals surface area contributed by atoms with Gasteiger partial charge in [-0.1, -0.05) is 55.0 Å². The van der Waals surface area contributed by atoms with Gasteiger partial charge in [0.05, 0.1) is 0 Å². The fourth-order valence-corrected chi connectivity index (χ4v) is 2.99. The Morgan fingerprint density at radius 3 is 2.64 bits per heavy atom. The first-order valence-electron chi connectivity index (χ1n) is 8.89. The fraction of sp³-hybridized carbons (Fsp3) is 0.318. The summed E-state index contributed by atoms with van der Waals surface area (Å²) in [5.74, 6) is 1.06. The second kappa shape index (κ2) is 8.13. The molecule has 25 heavy (non-hydrogen) atoms. The number of piperidine rings is 1. The highest BCUT2D eigenvalue weighted by molar-refractivity contribution is 6.01. The minimum Gasteiger partial charge on any atom is -0.488 e. The molecule has 3 heteroatoms. The van der Waals surface area contributed by atoms with Gasteiger partial charge in [-0.25, -0.2) is 0 Å². The maximum absolute atomic E-state index is 12.2. The summed E-state index contributed by atoms with van der Waals surface area (Å²) < 4.78 is 6.02. The second-order valence-electron chi connectivity index (χ2n) is 6.52.